The van der Waals surface area contributed by atoms with Crippen LogP contribution >= 0.6 is 0 Å². The molecule has 0 N–H and O–H groups in total. The third kappa shape index (κ3) is 2.21. The van der Waals surface area contributed by atoms with E-state index >= 15 is 0 Å². The molecule has 1 aliphatic carbocycles. The van der Waals surface area contributed by atoms with Crippen LogP contribution in [0, 0.1) is 0 Å². The average Bonchev–Trinajstić information content (AvgIpc) is 2.68. The molecule has 0 aromatic rings. The fraction of sp³-hybridized carbons (Fsp3) is 0.727. The van der Waals surface area contributed by atoms with Crippen molar-refractivity contribution in [1.82, 2.24) is 0 Å². The third-order valence-electron chi connectivity index (χ3n) is 2.98. The molecule has 0 aromatic carbocycles. The van der Waals surface area contributed by atoms with E-state index in [2.05, 4.69) is 0 Å². The van der Waals surface area contributed by atoms with Gasteiger partial charge in [0.05, 0.1) is 13.2 Å². The SMILES string of the molecule is CCOC(=O)C1=CCC2(CCOO2)CC1. The highest BCUT2D eigenvalue weighted by atomic mass is 17.2. The summed E-state index contributed by atoms with van der Waals surface area (Å²) in [6.07, 6.45) is 5.16. The summed E-state index contributed by atoms with van der Waals surface area (Å²) < 4.78 is 4.95. The maximum Gasteiger partial charge on any atom is 0.333 e. The van der Waals surface area contributed by atoms with Gasteiger partial charge in [0.1, 0.15) is 5.60 Å². The second-order valence-corrected chi connectivity index (χ2v) is 3.99. The lowest BCUT2D eigenvalue weighted by Crippen LogP contribution is -2.30. The predicted molar refractivity (Wildman–Crippen MR) is 53.0 cm³/mol. The molecule has 0 aromatic heterocycles. The van der Waals surface area contributed by atoms with Gasteiger partial charge < -0.3 is 4.74 Å². The van der Waals surface area contributed by atoms with Crippen molar-refractivity contribution in [2.75, 3.05) is 13.2 Å². The van der Waals surface area contributed by atoms with Gasteiger partial charge in [-0.25, -0.2) is 14.6 Å². The first-order valence-electron chi connectivity index (χ1n) is 5.42. The van der Waals surface area contributed by atoms with Gasteiger partial charge >= 0.3 is 5.97 Å². The maximum atomic E-state index is 11.4. The van der Waals surface area contributed by atoms with E-state index in [9.17, 15) is 4.79 Å². The van der Waals surface area contributed by atoms with E-state index in [1.165, 1.54) is 0 Å². The molecule has 1 heterocycles. The Morgan fingerprint density at radius 3 is 3.00 bits per heavy atom. The second-order valence-electron chi connectivity index (χ2n) is 3.99. The van der Waals surface area contributed by atoms with Crippen molar-refractivity contribution >= 4 is 5.97 Å². The van der Waals surface area contributed by atoms with Crippen molar-refractivity contribution in [2.24, 2.45) is 0 Å². The summed E-state index contributed by atoms with van der Waals surface area (Å²) in [6.45, 7) is 2.90. The Morgan fingerprint density at radius 2 is 2.47 bits per heavy atom. The van der Waals surface area contributed by atoms with E-state index in [4.69, 9.17) is 14.5 Å². The van der Waals surface area contributed by atoms with Gasteiger partial charge in [0.25, 0.3) is 0 Å². The molecule has 1 fully saturated rings. The summed E-state index contributed by atoms with van der Waals surface area (Å²) in [5.41, 5.74) is 0.605. The molecule has 15 heavy (non-hydrogen) atoms. The number of rotatable bonds is 2. The van der Waals surface area contributed by atoms with Crippen LogP contribution in [0.5, 0.6) is 0 Å². The van der Waals surface area contributed by atoms with E-state index in [1.54, 1.807) is 0 Å². The number of carbonyl (C=O) groups excluding carboxylic acids is 1. The van der Waals surface area contributed by atoms with Gasteiger partial charge in [-0.05, 0) is 26.2 Å². The van der Waals surface area contributed by atoms with Gasteiger partial charge in [0.2, 0.25) is 0 Å². The topological polar surface area (TPSA) is 44.8 Å². The molecule has 0 amide bonds. The monoisotopic (exact) mass is 212 g/mol. The molecule has 1 unspecified atom stereocenters. The Bertz CT molecular complexity index is 276. The highest BCUT2D eigenvalue weighted by Gasteiger charge is 2.39. The second kappa shape index (κ2) is 4.33. The summed E-state index contributed by atoms with van der Waals surface area (Å²) in [4.78, 5) is 21.6. The van der Waals surface area contributed by atoms with Crippen LogP contribution in [-0.4, -0.2) is 24.8 Å². The number of carbonyl (C=O) groups is 1. The lowest BCUT2D eigenvalue weighted by Gasteiger charge is -2.28. The van der Waals surface area contributed by atoms with Gasteiger partial charge in [-0.15, -0.1) is 0 Å². The zero-order valence-electron chi connectivity index (χ0n) is 8.95. The number of hydrogen-bond donors (Lipinski definition) is 0. The molecular weight excluding hydrogens is 196 g/mol. The summed E-state index contributed by atoms with van der Waals surface area (Å²) in [5.74, 6) is -0.189. The van der Waals surface area contributed by atoms with Crippen LogP contribution < -0.4 is 0 Å². The first-order valence-corrected chi connectivity index (χ1v) is 5.42. The first-order chi connectivity index (χ1) is 7.26. The summed E-state index contributed by atoms with van der Waals surface area (Å²) >= 11 is 0. The van der Waals surface area contributed by atoms with Gasteiger partial charge in [-0.2, -0.15) is 0 Å². The summed E-state index contributed by atoms with van der Waals surface area (Å²) in [6, 6.07) is 0. The van der Waals surface area contributed by atoms with Crippen LogP contribution in [0.2, 0.25) is 0 Å². The summed E-state index contributed by atoms with van der Waals surface area (Å²) in [5, 5.41) is 0. The molecule has 84 valence electrons. The molecule has 1 aliphatic heterocycles. The van der Waals surface area contributed by atoms with Crippen LogP contribution in [0.4, 0.5) is 0 Å². The molecular formula is C11H16O4. The van der Waals surface area contributed by atoms with E-state index < -0.39 is 0 Å². The predicted octanol–water partition coefficient (Wildman–Crippen LogP) is 1.75. The molecule has 1 atom stereocenters. The minimum Gasteiger partial charge on any atom is -0.463 e. The maximum absolute atomic E-state index is 11.4. The van der Waals surface area contributed by atoms with Crippen LogP contribution in [0.25, 0.3) is 0 Å². The normalized spacial score (nSPS) is 30.3. The summed E-state index contributed by atoms with van der Waals surface area (Å²) in [7, 11) is 0. The zero-order chi connectivity index (χ0) is 10.7. The number of esters is 1. The average molecular weight is 212 g/mol. The number of hydrogen-bond acceptors (Lipinski definition) is 4. The highest BCUT2D eigenvalue weighted by molar-refractivity contribution is 5.88. The van der Waals surface area contributed by atoms with Crippen molar-refractivity contribution in [3.05, 3.63) is 11.6 Å². The Balaban J connectivity index is 1.96. The Labute approximate surface area is 89.1 Å². The van der Waals surface area contributed by atoms with Gasteiger partial charge in [-0.1, -0.05) is 6.08 Å². The molecule has 0 bridgehead atoms. The highest BCUT2D eigenvalue weighted by Crippen LogP contribution is 2.37. The zero-order valence-corrected chi connectivity index (χ0v) is 8.95. The molecule has 4 heteroatoms. The molecule has 1 saturated heterocycles. The van der Waals surface area contributed by atoms with E-state index in [0.717, 1.165) is 31.3 Å². The Hall–Kier alpha value is -0.870. The Kier molecular flexibility index (Phi) is 3.07. The Morgan fingerprint density at radius 1 is 1.60 bits per heavy atom. The fourth-order valence-corrected chi connectivity index (χ4v) is 2.02. The minimum absolute atomic E-state index is 0.171. The molecule has 4 nitrogen and oxygen atoms in total. The number of ether oxygens (including phenoxy) is 1. The van der Waals surface area contributed by atoms with Crippen molar-refractivity contribution < 1.29 is 19.3 Å². The fourth-order valence-electron chi connectivity index (χ4n) is 2.02. The lowest BCUT2D eigenvalue weighted by atomic mass is 9.84. The van der Waals surface area contributed by atoms with Crippen molar-refractivity contribution in [1.29, 1.82) is 0 Å². The van der Waals surface area contributed by atoms with Crippen molar-refractivity contribution in [2.45, 2.75) is 38.2 Å². The van der Waals surface area contributed by atoms with E-state index in [0.29, 0.717) is 13.2 Å². The molecule has 0 saturated carbocycles. The van der Waals surface area contributed by atoms with Crippen LogP contribution in [-0.2, 0) is 19.3 Å². The molecule has 2 aliphatic rings. The van der Waals surface area contributed by atoms with Crippen molar-refractivity contribution in [3.8, 4) is 0 Å². The van der Waals surface area contributed by atoms with Gasteiger partial charge in [0.15, 0.2) is 0 Å². The largest absolute Gasteiger partial charge is 0.463 e. The van der Waals surface area contributed by atoms with Gasteiger partial charge in [-0.3, -0.25) is 0 Å². The smallest absolute Gasteiger partial charge is 0.333 e. The van der Waals surface area contributed by atoms with Gasteiger partial charge in [0, 0.05) is 12.0 Å². The first kappa shape index (κ1) is 10.6. The minimum atomic E-state index is -0.189. The lowest BCUT2D eigenvalue weighted by molar-refractivity contribution is -0.310. The third-order valence-corrected chi connectivity index (χ3v) is 2.98. The van der Waals surface area contributed by atoms with E-state index in [1.807, 2.05) is 13.0 Å². The van der Waals surface area contributed by atoms with Crippen LogP contribution in [0.3, 0.4) is 0 Å². The molecule has 1 spiro atoms. The van der Waals surface area contributed by atoms with E-state index in [-0.39, 0.29) is 11.6 Å². The standard InChI is InChI=1S/C11H16O4/c1-2-13-10(12)9-3-5-11(6-4-9)7-8-14-15-11/h3H,2,4-8H2,1H3. The van der Waals surface area contributed by atoms with Crippen LogP contribution in [0.1, 0.15) is 32.6 Å². The quantitative estimate of drug-likeness (QED) is 0.516. The van der Waals surface area contributed by atoms with Crippen molar-refractivity contribution in [3.63, 3.8) is 0 Å². The molecule has 0 radical (unpaired) electrons. The molecule has 2 rings (SSSR count). The van der Waals surface area contributed by atoms with Crippen LogP contribution in [0.15, 0.2) is 11.6 Å².